The number of nitrogens with zero attached hydrogens (tertiary/aromatic N) is 3. The van der Waals surface area contributed by atoms with E-state index >= 15 is 0 Å². The molecule has 0 aliphatic heterocycles. The summed E-state index contributed by atoms with van der Waals surface area (Å²) in [5.74, 6) is 1.15. The number of rotatable bonds is 8. The van der Waals surface area contributed by atoms with Crippen molar-refractivity contribution >= 4 is 23.4 Å². The molecule has 1 atom stereocenters. The summed E-state index contributed by atoms with van der Waals surface area (Å²) < 4.78 is 5.74. The molecule has 1 heterocycles. The van der Waals surface area contributed by atoms with Gasteiger partial charge in [0.15, 0.2) is 0 Å². The van der Waals surface area contributed by atoms with Crippen molar-refractivity contribution in [1.82, 2.24) is 10.2 Å². The molecule has 2 aromatic carbocycles. The molecule has 1 unspecified atom stereocenters. The lowest BCUT2D eigenvalue weighted by molar-refractivity contribution is -0.116. The molecule has 5 nitrogen and oxygen atoms in total. The van der Waals surface area contributed by atoms with Gasteiger partial charge < -0.3 is 9.32 Å². The van der Waals surface area contributed by atoms with E-state index in [4.69, 9.17) is 4.42 Å². The number of amides is 1. The highest BCUT2D eigenvalue weighted by atomic mass is 32.2. The van der Waals surface area contributed by atoms with E-state index in [1.165, 1.54) is 17.3 Å². The van der Waals surface area contributed by atoms with Gasteiger partial charge in [-0.05, 0) is 37.5 Å². The minimum Gasteiger partial charge on any atom is -0.416 e. The van der Waals surface area contributed by atoms with Gasteiger partial charge in [0.05, 0.1) is 5.75 Å². The maximum absolute atomic E-state index is 12.7. The average molecular weight is 396 g/mol. The Hall–Kier alpha value is -2.60. The van der Waals surface area contributed by atoms with Gasteiger partial charge in [-0.1, -0.05) is 67.2 Å². The highest BCUT2D eigenvalue weighted by Gasteiger charge is 2.20. The van der Waals surface area contributed by atoms with Gasteiger partial charge in [0, 0.05) is 18.2 Å². The normalized spacial score (nSPS) is 12.1. The number of para-hydroxylation sites is 1. The number of thioether (sulfide) groups is 1. The molecular formula is C22H25N3O2S. The Kier molecular flexibility index (Phi) is 6.87. The van der Waals surface area contributed by atoms with Gasteiger partial charge in [0.2, 0.25) is 11.8 Å². The molecular weight excluding hydrogens is 370 g/mol. The summed E-state index contributed by atoms with van der Waals surface area (Å²) in [6.07, 6.45) is 0.674. The highest BCUT2D eigenvalue weighted by molar-refractivity contribution is 7.99. The molecule has 28 heavy (non-hydrogen) atoms. The molecule has 1 amide bonds. The third kappa shape index (κ3) is 5.23. The fourth-order valence-corrected chi connectivity index (χ4v) is 3.69. The molecule has 0 radical (unpaired) electrons. The summed E-state index contributed by atoms with van der Waals surface area (Å²) in [6.45, 7) is 6.15. The minimum absolute atomic E-state index is 0.0172. The first-order chi connectivity index (χ1) is 13.5. The molecule has 3 rings (SSSR count). The number of carbonyl (C=O) groups excluding carboxylic acids is 1. The van der Waals surface area contributed by atoms with Crippen LogP contribution in [-0.2, 0) is 11.2 Å². The van der Waals surface area contributed by atoms with Crippen molar-refractivity contribution in [3.8, 4) is 0 Å². The van der Waals surface area contributed by atoms with Crippen LogP contribution in [0.4, 0.5) is 5.69 Å². The molecule has 0 spiro atoms. The number of aromatic nitrogens is 2. The maximum atomic E-state index is 12.7. The van der Waals surface area contributed by atoms with E-state index in [1.807, 2.05) is 62.4 Å². The van der Waals surface area contributed by atoms with Crippen molar-refractivity contribution in [1.29, 1.82) is 0 Å². The quantitative estimate of drug-likeness (QED) is 0.505. The van der Waals surface area contributed by atoms with Crippen LogP contribution < -0.4 is 4.90 Å². The van der Waals surface area contributed by atoms with Crippen molar-refractivity contribution < 1.29 is 9.21 Å². The SMILES string of the molecule is CC(Cc1nnc(SCC(=O)N(c2ccccc2)C(C)C)o1)c1ccccc1. The highest BCUT2D eigenvalue weighted by Crippen LogP contribution is 2.24. The van der Waals surface area contributed by atoms with Crippen LogP contribution >= 0.6 is 11.8 Å². The van der Waals surface area contributed by atoms with E-state index in [-0.39, 0.29) is 23.6 Å². The van der Waals surface area contributed by atoms with Crippen LogP contribution in [0.15, 0.2) is 70.3 Å². The second-order valence-electron chi connectivity index (χ2n) is 6.96. The average Bonchev–Trinajstić information content (AvgIpc) is 3.15. The summed E-state index contributed by atoms with van der Waals surface area (Å²) in [4.78, 5) is 14.5. The Balaban J connectivity index is 1.58. The molecule has 0 aliphatic rings. The Bertz CT molecular complexity index is 881. The lowest BCUT2D eigenvalue weighted by atomic mass is 9.98. The topological polar surface area (TPSA) is 59.2 Å². The second-order valence-corrected chi connectivity index (χ2v) is 7.89. The third-order valence-corrected chi connectivity index (χ3v) is 5.24. The number of anilines is 1. The fourth-order valence-electron chi connectivity index (χ4n) is 3.05. The van der Waals surface area contributed by atoms with Crippen molar-refractivity contribution in [3.63, 3.8) is 0 Å². The predicted molar refractivity (Wildman–Crippen MR) is 113 cm³/mol. The predicted octanol–water partition coefficient (Wildman–Crippen LogP) is 4.95. The van der Waals surface area contributed by atoms with E-state index < -0.39 is 0 Å². The Morgan fingerprint density at radius 2 is 1.64 bits per heavy atom. The summed E-state index contributed by atoms with van der Waals surface area (Å²) in [7, 11) is 0. The molecule has 3 aromatic rings. The molecule has 6 heteroatoms. The van der Waals surface area contributed by atoms with Gasteiger partial charge in [-0.25, -0.2) is 0 Å². The van der Waals surface area contributed by atoms with Gasteiger partial charge >= 0.3 is 0 Å². The molecule has 0 N–H and O–H groups in total. The van der Waals surface area contributed by atoms with Crippen molar-refractivity contribution in [2.75, 3.05) is 10.7 Å². The molecule has 146 valence electrons. The van der Waals surface area contributed by atoms with E-state index in [0.717, 1.165) is 5.69 Å². The fraction of sp³-hybridized carbons (Fsp3) is 0.318. The number of carbonyl (C=O) groups is 1. The Morgan fingerprint density at radius 1 is 1.00 bits per heavy atom. The summed E-state index contributed by atoms with van der Waals surface area (Å²) >= 11 is 1.28. The van der Waals surface area contributed by atoms with Crippen LogP contribution in [0.1, 0.15) is 38.1 Å². The number of hydrogen-bond donors (Lipinski definition) is 0. The zero-order valence-electron chi connectivity index (χ0n) is 16.4. The summed E-state index contributed by atoms with van der Waals surface area (Å²) in [6, 6.07) is 20.0. The van der Waals surface area contributed by atoms with Crippen molar-refractivity contribution in [2.24, 2.45) is 0 Å². The lowest BCUT2D eigenvalue weighted by Gasteiger charge is -2.26. The monoisotopic (exact) mass is 395 g/mol. The molecule has 0 saturated carbocycles. The number of benzene rings is 2. The largest absolute Gasteiger partial charge is 0.416 e. The van der Waals surface area contributed by atoms with Gasteiger partial charge in [0.1, 0.15) is 0 Å². The van der Waals surface area contributed by atoms with Gasteiger partial charge in [0.25, 0.3) is 5.22 Å². The van der Waals surface area contributed by atoms with E-state index in [9.17, 15) is 4.79 Å². The summed E-state index contributed by atoms with van der Waals surface area (Å²) in [5, 5.41) is 8.65. The minimum atomic E-state index is 0.0172. The van der Waals surface area contributed by atoms with Crippen LogP contribution in [0.5, 0.6) is 0 Å². The van der Waals surface area contributed by atoms with E-state index in [2.05, 4.69) is 29.3 Å². The van der Waals surface area contributed by atoms with Crippen LogP contribution in [0.25, 0.3) is 0 Å². The number of hydrogen-bond acceptors (Lipinski definition) is 5. The zero-order chi connectivity index (χ0) is 19.9. The van der Waals surface area contributed by atoms with Gasteiger partial charge in [-0.3, -0.25) is 4.79 Å². The molecule has 0 bridgehead atoms. The molecule has 0 fully saturated rings. The smallest absolute Gasteiger partial charge is 0.277 e. The third-order valence-electron chi connectivity index (χ3n) is 4.44. The molecule has 1 aromatic heterocycles. The van der Waals surface area contributed by atoms with Crippen LogP contribution in [-0.4, -0.2) is 27.9 Å². The van der Waals surface area contributed by atoms with Crippen molar-refractivity contribution in [2.45, 2.75) is 44.4 Å². The molecule has 0 saturated heterocycles. The van der Waals surface area contributed by atoms with Crippen LogP contribution in [0.3, 0.4) is 0 Å². The van der Waals surface area contributed by atoms with Gasteiger partial charge in [-0.2, -0.15) is 0 Å². The Labute approximate surface area is 170 Å². The van der Waals surface area contributed by atoms with Crippen molar-refractivity contribution in [3.05, 3.63) is 72.1 Å². The first-order valence-electron chi connectivity index (χ1n) is 9.42. The zero-order valence-corrected chi connectivity index (χ0v) is 17.2. The first kappa shape index (κ1) is 20.1. The van der Waals surface area contributed by atoms with Crippen LogP contribution in [0, 0.1) is 0 Å². The van der Waals surface area contributed by atoms with E-state index in [0.29, 0.717) is 17.5 Å². The summed E-state index contributed by atoms with van der Waals surface area (Å²) in [5.41, 5.74) is 2.13. The maximum Gasteiger partial charge on any atom is 0.277 e. The van der Waals surface area contributed by atoms with E-state index in [1.54, 1.807) is 4.90 Å². The standard InChI is InChI=1S/C22H25N3O2S/c1-16(2)25(19-12-8-5-9-13-19)21(26)15-28-22-24-23-20(27-22)14-17(3)18-10-6-4-7-11-18/h4-13,16-17H,14-15H2,1-3H3. The second kappa shape index (κ2) is 9.55. The molecule has 0 aliphatic carbocycles. The Morgan fingerprint density at radius 3 is 2.29 bits per heavy atom. The van der Waals surface area contributed by atoms with Gasteiger partial charge in [-0.15, -0.1) is 10.2 Å². The van der Waals surface area contributed by atoms with Crippen LogP contribution in [0.2, 0.25) is 0 Å². The first-order valence-corrected chi connectivity index (χ1v) is 10.4. The lowest BCUT2D eigenvalue weighted by Crippen LogP contribution is -2.38.